The molecule has 0 aromatic heterocycles. The molecule has 2 aliphatic heterocycles. The standard InChI is InChI=1S/C31H52O6Si5/c1-25(28-14-10-8-11-15-28)23-41(6)34-38(3)33-39(4)35-42(7,24-26(2)29-16-12-9-13-17-29)37-40(5,36-41)21-20-27-18-19-30-31(22-27)32-30/h8-17,25-27,30-31,38-39H,18-24H2,1-7H3. The minimum Gasteiger partial charge on any atom is -0.420 e. The molecule has 0 bridgehead atoms. The molecule has 1 saturated carbocycles. The lowest BCUT2D eigenvalue weighted by Crippen LogP contribution is -2.62. The minimum atomic E-state index is -2.71. The summed E-state index contributed by atoms with van der Waals surface area (Å²) in [6.45, 7) is 15.8. The number of hydrogen-bond donors (Lipinski definition) is 0. The van der Waals surface area contributed by atoms with E-state index in [-0.39, 0.29) is 0 Å². The van der Waals surface area contributed by atoms with E-state index in [2.05, 4.69) is 107 Å². The van der Waals surface area contributed by atoms with Gasteiger partial charge >= 0.3 is 25.7 Å². The maximum atomic E-state index is 7.44. The third-order valence-electron chi connectivity index (χ3n) is 9.29. The number of ether oxygens (including phenoxy) is 1. The Kier molecular flexibility index (Phi) is 10.7. The summed E-state index contributed by atoms with van der Waals surface area (Å²) >= 11 is 0. The predicted octanol–water partition coefficient (Wildman–Crippen LogP) is 7.56. The Balaban J connectivity index is 1.42. The maximum absolute atomic E-state index is 7.44. The molecule has 42 heavy (non-hydrogen) atoms. The van der Waals surface area contributed by atoms with E-state index < -0.39 is 44.3 Å². The van der Waals surface area contributed by atoms with Crippen LogP contribution >= 0.6 is 0 Å². The van der Waals surface area contributed by atoms with E-state index in [1.165, 1.54) is 30.4 Å². The first kappa shape index (κ1) is 32.7. The largest absolute Gasteiger partial charge is 0.420 e. The van der Waals surface area contributed by atoms with Crippen LogP contribution in [-0.2, 0) is 25.3 Å². The van der Waals surface area contributed by atoms with Gasteiger partial charge in [-0.2, -0.15) is 0 Å². The van der Waals surface area contributed by atoms with Crippen molar-refractivity contribution in [3.8, 4) is 0 Å². The fourth-order valence-corrected chi connectivity index (χ4v) is 31.6. The Labute approximate surface area is 260 Å². The molecule has 0 spiro atoms. The van der Waals surface area contributed by atoms with Gasteiger partial charge in [-0.3, -0.25) is 0 Å². The van der Waals surface area contributed by atoms with E-state index in [9.17, 15) is 0 Å². The lowest BCUT2D eigenvalue weighted by atomic mass is 9.88. The molecule has 2 aromatic rings. The summed E-state index contributed by atoms with van der Waals surface area (Å²) in [4.78, 5) is 0. The van der Waals surface area contributed by atoms with Gasteiger partial charge in [0.1, 0.15) is 0 Å². The van der Waals surface area contributed by atoms with Crippen LogP contribution in [-0.4, -0.2) is 56.5 Å². The molecule has 2 aromatic carbocycles. The zero-order valence-electron chi connectivity index (χ0n) is 26.7. The van der Waals surface area contributed by atoms with E-state index in [1.807, 2.05) is 0 Å². The molecule has 9 unspecified atom stereocenters. The van der Waals surface area contributed by atoms with Gasteiger partial charge in [-0.1, -0.05) is 74.5 Å². The first-order valence-electron chi connectivity index (χ1n) is 16.1. The van der Waals surface area contributed by atoms with Gasteiger partial charge in [-0.15, -0.1) is 0 Å². The zero-order valence-corrected chi connectivity index (χ0v) is 32.0. The fraction of sp³-hybridized carbons (Fsp3) is 0.613. The van der Waals surface area contributed by atoms with Gasteiger partial charge in [-0.25, -0.2) is 0 Å². The number of rotatable bonds is 9. The van der Waals surface area contributed by atoms with Crippen molar-refractivity contribution in [3.63, 3.8) is 0 Å². The fourth-order valence-electron chi connectivity index (χ4n) is 7.42. The van der Waals surface area contributed by atoms with E-state index >= 15 is 0 Å². The van der Waals surface area contributed by atoms with Crippen molar-refractivity contribution in [2.24, 2.45) is 5.92 Å². The van der Waals surface area contributed by atoms with Gasteiger partial charge in [0.05, 0.1) is 12.2 Å². The first-order valence-corrected chi connectivity index (χ1v) is 27.9. The van der Waals surface area contributed by atoms with E-state index in [1.54, 1.807) is 0 Å². The molecule has 0 radical (unpaired) electrons. The van der Waals surface area contributed by atoms with Crippen molar-refractivity contribution in [2.75, 3.05) is 0 Å². The van der Waals surface area contributed by atoms with Crippen LogP contribution < -0.4 is 0 Å². The van der Waals surface area contributed by atoms with Crippen LogP contribution in [0.4, 0.5) is 0 Å². The molecular formula is C31H52O6Si5. The number of epoxide rings is 1. The van der Waals surface area contributed by atoms with Crippen LogP contribution in [0, 0.1) is 5.92 Å². The molecule has 1 aliphatic carbocycles. The quantitative estimate of drug-likeness (QED) is 0.204. The highest BCUT2D eigenvalue weighted by molar-refractivity contribution is 6.89. The van der Waals surface area contributed by atoms with E-state index in [4.69, 9.17) is 25.3 Å². The Hall–Kier alpha value is -0.716. The summed E-state index contributed by atoms with van der Waals surface area (Å²) in [7, 11) is -12.0. The predicted molar refractivity (Wildman–Crippen MR) is 181 cm³/mol. The topological polar surface area (TPSA) is 58.7 Å². The highest BCUT2D eigenvalue weighted by Crippen LogP contribution is 2.43. The normalized spacial score (nSPS) is 38.7. The average Bonchev–Trinajstić information content (AvgIpc) is 3.70. The van der Waals surface area contributed by atoms with Crippen molar-refractivity contribution >= 4 is 44.3 Å². The summed E-state index contributed by atoms with van der Waals surface area (Å²) in [5, 5.41) is 0. The molecule has 6 nitrogen and oxygen atoms in total. The molecule has 3 aliphatic rings. The van der Waals surface area contributed by atoms with Crippen molar-refractivity contribution in [1.29, 1.82) is 0 Å². The summed E-state index contributed by atoms with van der Waals surface area (Å²) in [5.74, 6) is 1.35. The lowest BCUT2D eigenvalue weighted by Gasteiger charge is -2.46. The Morgan fingerprint density at radius 3 is 1.69 bits per heavy atom. The lowest BCUT2D eigenvalue weighted by molar-refractivity contribution is 0.241. The Morgan fingerprint density at radius 1 is 0.714 bits per heavy atom. The molecule has 3 fully saturated rings. The Bertz CT molecular complexity index is 1080. The third kappa shape index (κ3) is 8.93. The average molecular weight is 661 g/mol. The maximum Gasteiger partial charge on any atom is 0.317 e. The summed E-state index contributed by atoms with van der Waals surface area (Å²) < 4.78 is 41.2. The summed E-state index contributed by atoms with van der Waals surface area (Å²) in [6, 6.07) is 24.3. The highest BCUT2D eigenvalue weighted by atomic mass is 28.5. The molecular weight excluding hydrogens is 609 g/mol. The van der Waals surface area contributed by atoms with Crippen molar-refractivity contribution in [1.82, 2.24) is 0 Å². The van der Waals surface area contributed by atoms with Gasteiger partial charge in [0.2, 0.25) is 0 Å². The zero-order chi connectivity index (χ0) is 30.0. The third-order valence-corrected chi connectivity index (χ3v) is 29.8. The second-order valence-corrected chi connectivity index (χ2v) is 28.6. The molecule has 0 N–H and O–H groups in total. The number of hydrogen-bond acceptors (Lipinski definition) is 6. The second-order valence-electron chi connectivity index (χ2n) is 13.6. The molecule has 2 saturated heterocycles. The summed E-state index contributed by atoms with van der Waals surface area (Å²) in [5.41, 5.74) is 2.66. The summed E-state index contributed by atoms with van der Waals surface area (Å²) in [6.07, 6.45) is 5.78. The highest BCUT2D eigenvalue weighted by Gasteiger charge is 2.52. The SMILES string of the molecule is CC(C[Si]1(C)O[SiH](C)O[SiH](C)O[Si](C)(CC(C)c2ccccc2)O[Si](C)(CCC2CCC3OC3C2)O1)c1ccccc1. The number of fused-ring (bicyclic) bond motifs is 1. The number of benzene rings is 2. The first-order chi connectivity index (χ1) is 19.9. The van der Waals surface area contributed by atoms with Crippen LogP contribution in [0.15, 0.2) is 60.7 Å². The molecule has 2 heterocycles. The van der Waals surface area contributed by atoms with E-state index in [0.29, 0.717) is 30.0 Å². The van der Waals surface area contributed by atoms with Gasteiger partial charge < -0.3 is 25.3 Å². The van der Waals surface area contributed by atoms with Gasteiger partial charge in [0.25, 0.3) is 18.6 Å². The second kappa shape index (κ2) is 13.7. The Morgan fingerprint density at radius 2 is 1.21 bits per heavy atom. The van der Waals surface area contributed by atoms with Crippen LogP contribution in [0.25, 0.3) is 0 Å². The molecule has 0 amide bonds. The van der Waals surface area contributed by atoms with Crippen LogP contribution in [0.3, 0.4) is 0 Å². The van der Waals surface area contributed by atoms with Crippen LogP contribution in [0.2, 0.25) is 50.9 Å². The van der Waals surface area contributed by atoms with Gasteiger partial charge in [-0.05, 0) is 105 Å². The van der Waals surface area contributed by atoms with Crippen molar-refractivity contribution in [2.45, 2.75) is 114 Å². The van der Waals surface area contributed by atoms with Gasteiger partial charge in [0, 0.05) is 0 Å². The molecule has 5 rings (SSSR count). The minimum absolute atomic E-state index is 0.334. The molecule has 11 heteroatoms. The van der Waals surface area contributed by atoms with Crippen LogP contribution in [0.1, 0.15) is 62.5 Å². The van der Waals surface area contributed by atoms with E-state index in [0.717, 1.165) is 24.6 Å². The molecule has 232 valence electrons. The monoisotopic (exact) mass is 660 g/mol. The molecule has 9 atom stereocenters. The van der Waals surface area contributed by atoms with Gasteiger partial charge in [0.15, 0.2) is 0 Å². The van der Waals surface area contributed by atoms with Crippen LogP contribution in [0.5, 0.6) is 0 Å². The van der Waals surface area contributed by atoms with Crippen molar-refractivity contribution < 1.29 is 25.3 Å². The van der Waals surface area contributed by atoms with Crippen molar-refractivity contribution in [3.05, 3.63) is 71.8 Å². The smallest absolute Gasteiger partial charge is 0.317 e.